The minimum atomic E-state index is 0.0379. The number of aryl methyl sites for hydroxylation is 1. The number of aromatic nitrogens is 3. The second-order valence-corrected chi connectivity index (χ2v) is 7.53. The number of nitrogens with zero attached hydrogens (tertiary/aromatic N) is 3. The zero-order valence-electron chi connectivity index (χ0n) is 14.8. The number of benzene rings is 2. The summed E-state index contributed by atoms with van der Waals surface area (Å²) in [6.45, 7) is 0.737. The Labute approximate surface area is 161 Å². The van der Waals surface area contributed by atoms with Crippen LogP contribution in [0.2, 0.25) is 0 Å². The second-order valence-electron chi connectivity index (χ2n) is 6.41. The van der Waals surface area contributed by atoms with Crippen LogP contribution in [0.5, 0.6) is 0 Å². The summed E-state index contributed by atoms with van der Waals surface area (Å²) in [5, 5.41) is 4.08. The number of rotatable bonds is 7. The molecule has 1 N–H and O–H groups in total. The number of thiazole rings is 1. The van der Waals surface area contributed by atoms with Gasteiger partial charge in [0.2, 0.25) is 5.91 Å². The summed E-state index contributed by atoms with van der Waals surface area (Å²) in [7, 11) is 0. The van der Waals surface area contributed by atoms with Crippen LogP contribution in [0.3, 0.4) is 0 Å². The summed E-state index contributed by atoms with van der Waals surface area (Å²) >= 11 is 1.71. The van der Waals surface area contributed by atoms with Gasteiger partial charge in [0.25, 0.3) is 0 Å². The highest BCUT2D eigenvalue weighted by molar-refractivity contribution is 7.18. The van der Waals surface area contributed by atoms with Gasteiger partial charge < -0.3 is 9.88 Å². The number of anilines is 1. The van der Waals surface area contributed by atoms with Crippen molar-refractivity contribution < 1.29 is 4.79 Å². The van der Waals surface area contributed by atoms with Gasteiger partial charge in [-0.3, -0.25) is 4.79 Å². The number of para-hydroxylation sites is 1. The van der Waals surface area contributed by atoms with E-state index in [4.69, 9.17) is 0 Å². The largest absolute Gasteiger partial charge is 0.333 e. The van der Waals surface area contributed by atoms with E-state index in [1.807, 2.05) is 53.2 Å². The van der Waals surface area contributed by atoms with Crippen molar-refractivity contribution in [3.63, 3.8) is 0 Å². The SMILES string of the molecule is O=C(CCCc1nc2ccccc2s1)Nc1cccc(Cn2ccnc2)c1. The molecule has 2 aromatic carbocycles. The fourth-order valence-electron chi connectivity index (χ4n) is 2.99. The van der Waals surface area contributed by atoms with E-state index in [1.165, 1.54) is 4.70 Å². The minimum Gasteiger partial charge on any atom is -0.333 e. The van der Waals surface area contributed by atoms with Crippen LogP contribution in [0.25, 0.3) is 10.2 Å². The number of hydrogen-bond acceptors (Lipinski definition) is 4. The molecule has 0 bridgehead atoms. The quantitative estimate of drug-likeness (QED) is 0.516. The van der Waals surface area contributed by atoms with Crippen LogP contribution in [0.1, 0.15) is 23.4 Å². The molecule has 2 aromatic heterocycles. The molecule has 0 aliphatic carbocycles. The monoisotopic (exact) mass is 376 g/mol. The normalized spacial score (nSPS) is 11.0. The van der Waals surface area contributed by atoms with E-state index >= 15 is 0 Å². The summed E-state index contributed by atoms with van der Waals surface area (Å²) in [5.41, 5.74) is 2.99. The summed E-state index contributed by atoms with van der Waals surface area (Å²) in [4.78, 5) is 20.9. The summed E-state index contributed by atoms with van der Waals surface area (Å²) in [5.74, 6) is 0.0379. The average Bonchev–Trinajstić information content (AvgIpc) is 3.31. The molecule has 0 atom stereocenters. The molecule has 4 aromatic rings. The maximum atomic E-state index is 12.3. The van der Waals surface area contributed by atoms with Crippen LogP contribution in [0.4, 0.5) is 5.69 Å². The zero-order valence-corrected chi connectivity index (χ0v) is 15.7. The fraction of sp³-hybridized carbons (Fsp3) is 0.190. The Hall–Kier alpha value is -2.99. The first-order valence-corrected chi connectivity index (χ1v) is 9.77. The molecule has 0 saturated heterocycles. The van der Waals surface area contributed by atoms with Gasteiger partial charge in [0.15, 0.2) is 0 Å². The number of fused-ring (bicyclic) bond motifs is 1. The summed E-state index contributed by atoms with van der Waals surface area (Å²) < 4.78 is 3.20. The van der Waals surface area contributed by atoms with E-state index in [9.17, 15) is 4.79 Å². The Bertz CT molecular complexity index is 1010. The van der Waals surface area contributed by atoms with E-state index in [-0.39, 0.29) is 5.91 Å². The first kappa shape index (κ1) is 17.4. The number of amides is 1. The number of carbonyl (C=O) groups excluding carboxylic acids is 1. The van der Waals surface area contributed by atoms with Crippen LogP contribution in [0.15, 0.2) is 67.3 Å². The molecule has 0 aliphatic heterocycles. The summed E-state index contributed by atoms with van der Waals surface area (Å²) in [6, 6.07) is 16.1. The van der Waals surface area contributed by atoms with Crippen molar-refractivity contribution in [3.8, 4) is 0 Å². The maximum Gasteiger partial charge on any atom is 0.224 e. The Balaban J connectivity index is 1.29. The number of nitrogens with one attached hydrogen (secondary N) is 1. The van der Waals surface area contributed by atoms with Gasteiger partial charge >= 0.3 is 0 Å². The van der Waals surface area contributed by atoms with Gasteiger partial charge in [-0.1, -0.05) is 24.3 Å². The molecule has 27 heavy (non-hydrogen) atoms. The van der Waals surface area contributed by atoms with Gasteiger partial charge in [0, 0.05) is 31.0 Å². The predicted molar refractivity (Wildman–Crippen MR) is 109 cm³/mol. The van der Waals surface area contributed by atoms with Gasteiger partial charge in [0.1, 0.15) is 0 Å². The number of imidazole rings is 1. The Kier molecular flexibility index (Phi) is 5.25. The van der Waals surface area contributed by atoms with Crippen molar-refractivity contribution in [2.24, 2.45) is 0 Å². The van der Waals surface area contributed by atoms with Crippen molar-refractivity contribution in [2.45, 2.75) is 25.8 Å². The highest BCUT2D eigenvalue weighted by Crippen LogP contribution is 2.22. The lowest BCUT2D eigenvalue weighted by molar-refractivity contribution is -0.116. The van der Waals surface area contributed by atoms with Crippen molar-refractivity contribution in [1.82, 2.24) is 14.5 Å². The molecule has 5 nitrogen and oxygen atoms in total. The van der Waals surface area contributed by atoms with Crippen LogP contribution >= 0.6 is 11.3 Å². The van der Waals surface area contributed by atoms with Gasteiger partial charge in [-0.2, -0.15) is 0 Å². The average molecular weight is 376 g/mol. The lowest BCUT2D eigenvalue weighted by Gasteiger charge is -2.08. The number of carbonyl (C=O) groups is 1. The standard InChI is InChI=1S/C21H20N4OS/c26-20(9-4-10-21-24-18-7-1-2-8-19(18)27-21)23-17-6-3-5-16(13-17)14-25-12-11-22-15-25/h1-3,5-8,11-13,15H,4,9-10,14H2,(H,23,26). The molecule has 136 valence electrons. The lowest BCUT2D eigenvalue weighted by Crippen LogP contribution is -2.11. The highest BCUT2D eigenvalue weighted by Gasteiger charge is 2.07. The molecule has 6 heteroatoms. The van der Waals surface area contributed by atoms with Crippen molar-refractivity contribution in [2.75, 3.05) is 5.32 Å². The van der Waals surface area contributed by atoms with Crippen LogP contribution in [0, 0.1) is 0 Å². The third kappa shape index (κ3) is 4.60. The Morgan fingerprint density at radius 1 is 1.15 bits per heavy atom. The third-order valence-corrected chi connectivity index (χ3v) is 5.36. The molecule has 0 radical (unpaired) electrons. The van der Waals surface area contributed by atoms with Gasteiger partial charge in [-0.15, -0.1) is 11.3 Å². The highest BCUT2D eigenvalue weighted by atomic mass is 32.1. The van der Waals surface area contributed by atoms with Crippen LogP contribution in [-0.2, 0) is 17.8 Å². The predicted octanol–water partition coefficient (Wildman–Crippen LogP) is 4.50. The molecular formula is C21H20N4OS. The smallest absolute Gasteiger partial charge is 0.224 e. The molecular weight excluding hydrogens is 356 g/mol. The van der Waals surface area contributed by atoms with E-state index in [0.29, 0.717) is 6.42 Å². The Morgan fingerprint density at radius 2 is 2.07 bits per heavy atom. The van der Waals surface area contributed by atoms with Gasteiger partial charge in [-0.05, 0) is 42.7 Å². The van der Waals surface area contributed by atoms with Gasteiger partial charge in [0.05, 0.1) is 21.6 Å². The number of hydrogen-bond donors (Lipinski definition) is 1. The van der Waals surface area contributed by atoms with Crippen molar-refractivity contribution in [3.05, 3.63) is 77.8 Å². The van der Waals surface area contributed by atoms with Crippen LogP contribution < -0.4 is 5.32 Å². The molecule has 1 amide bonds. The lowest BCUT2D eigenvalue weighted by atomic mass is 10.2. The Morgan fingerprint density at radius 3 is 2.93 bits per heavy atom. The molecule has 2 heterocycles. The summed E-state index contributed by atoms with van der Waals surface area (Å²) in [6.07, 6.45) is 7.58. The van der Waals surface area contributed by atoms with E-state index in [1.54, 1.807) is 23.9 Å². The molecule has 4 rings (SSSR count). The maximum absolute atomic E-state index is 12.3. The molecule has 0 unspecified atom stereocenters. The first-order valence-electron chi connectivity index (χ1n) is 8.95. The van der Waals surface area contributed by atoms with E-state index in [2.05, 4.69) is 21.4 Å². The zero-order chi connectivity index (χ0) is 18.5. The van der Waals surface area contributed by atoms with E-state index in [0.717, 1.165) is 41.2 Å². The van der Waals surface area contributed by atoms with Crippen molar-refractivity contribution >= 4 is 33.1 Å². The fourth-order valence-corrected chi connectivity index (χ4v) is 4.00. The molecule has 0 aliphatic rings. The molecule has 0 spiro atoms. The van der Waals surface area contributed by atoms with Gasteiger partial charge in [-0.25, -0.2) is 9.97 Å². The first-order chi connectivity index (χ1) is 13.3. The molecule has 0 fully saturated rings. The molecule has 0 saturated carbocycles. The second kappa shape index (κ2) is 8.14. The van der Waals surface area contributed by atoms with Crippen LogP contribution in [-0.4, -0.2) is 20.4 Å². The topological polar surface area (TPSA) is 59.8 Å². The third-order valence-electron chi connectivity index (χ3n) is 4.27. The minimum absolute atomic E-state index is 0.0379. The van der Waals surface area contributed by atoms with E-state index < -0.39 is 0 Å². The van der Waals surface area contributed by atoms with Crippen molar-refractivity contribution in [1.29, 1.82) is 0 Å².